The Labute approximate surface area is 86.3 Å². The molecule has 0 spiro atoms. The van der Waals surface area contributed by atoms with E-state index in [-0.39, 0.29) is 12.2 Å². The van der Waals surface area contributed by atoms with Crippen molar-refractivity contribution in [2.24, 2.45) is 10.9 Å². The third kappa shape index (κ3) is 5.73. The molecular formula is C9H12F3N3. The molecule has 0 fully saturated rings. The fourth-order valence-corrected chi connectivity index (χ4v) is 0.740. The summed E-state index contributed by atoms with van der Waals surface area (Å²) in [6.45, 7) is 0.981. The molecule has 6 heteroatoms. The quantitative estimate of drug-likeness (QED) is 0.579. The number of alkyl halides is 3. The van der Waals surface area contributed by atoms with Gasteiger partial charge in [-0.25, -0.2) is 0 Å². The van der Waals surface area contributed by atoms with E-state index in [4.69, 9.17) is 5.26 Å². The Balaban J connectivity index is 4.54. The summed E-state index contributed by atoms with van der Waals surface area (Å²) in [5, 5.41) is 10.7. The maximum absolute atomic E-state index is 12.2. The van der Waals surface area contributed by atoms with Crippen molar-refractivity contribution < 1.29 is 13.2 Å². The molecule has 0 aliphatic heterocycles. The Hall–Kier alpha value is -1.51. The van der Waals surface area contributed by atoms with Gasteiger partial charge in [0.15, 0.2) is 0 Å². The van der Waals surface area contributed by atoms with E-state index in [0.29, 0.717) is 0 Å². The van der Waals surface area contributed by atoms with Crippen LogP contribution in [-0.2, 0) is 0 Å². The predicted octanol–water partition coefficient (Wildman–Crippen LogP) is 1.88. The first-order valence-electron chi connectivity index (χ1n) is 4.25. The molecule has 0 aromatic rings. The van der Waals surface area contributed by atoms with Crippen molar-refractivity contribution in [2.45, 2.75) is 13.1 Å². The van der Waals surface area contributed by atoms with Crippen molar-refractivity contribution in [3.8, 4) is 6.07 Å². The second kappa shape index (κ2) is 6.06. The number of halogens is 3. The van der Waals surface area contributed by atoms with Crippen LogP contribution in [0.4, 0.5) is 13.2 Å². The van der Waals surface area contributed by atoms with Crippen molar-refractivity contribution in [1.82, 2.24) is 5.32 Å². The van der Waals surface area contributed by atoms with Crippen LogP contribution in [-0.4, -0.2) is 26.0 Å². The van der Waals surface area contributed by atoms with E-state index in [0.717, 1.165) is 13.0 Å². The maximum atomic E-state index is 12.2. The number of hydrogen-bond acceptors (Lipinski definition) is 3. The summed E-state index contributed by atoms with van der Waals surface area (Å²) >= 11 is 0. The van der Waals surface area contributed by atoms with Crippen molar-refractivity contribution in [1.29, 1.82) is 5.26 Å². The van der Waals surface area contributed by atoms with E-state index >= 15 is 0 Å². The number of allylic oxidation sites excluding steroid dienone is 2. The van der Waals surface area contributed by atoms with Gasteiger partial charge < -0.3 is 5.32 Å². The first-order valence-corrected chi connectivity index (χ1v) is 4.25. The van der Waals surface area contributed by atoms with Gasteiger partial charge in [-0.1, -0.05) is 6.92 Å². The summed E-state index contributed by atoms with van der Waals surface area (Å²) in [4.78, 5) is 3.61. The van der Waals surface area contributed by atoms with Gasteiger partial charge in [-0.05, 0) is 6.08 Å². The largest absolute Gasteiger partial charge is 0.394 e. The first kappa shape index (κ1) is 13.5. The minimum Gasteiger partial charge on any atom is -0.387 e. The third-order valence-electron chi connectivity index (χ3n) is 1.63. The smallest absolute Gasteiger partial charge is 0.387 e. The normalized spacial score (nSPS) is 15.1. The molecule has 0 heterocycles. The highest BCUT2D eigenvalue weighted by molar-refractivity contribution is 5.77. The van der Waals surface area contributed by atoms with Crippen molar-refractivity contribution in [3.05, 3.63) is 11.8 Å². The fraction of sp³-hybridized carbons (Fsp3) is 0.556. The zero-order valence-corrected chi connectivity index (χ0v) is 8.47. The van der Waals surface area contributed by atoms with Crippen molar-refractivity contribution >= 4 is 6.21 Å². The van der Waals surface area contributed by atoms with E-state index in [1.807, 2.05) is 0 Å². The van der Waals surface area contributed by atoms with Crippen molar-refractivity contribution in [2.75, 3.05) is 13.6 Å². The topological polar surface area (TPSA) is 48.2 Å². The number of rotatable bonds is 4. The zero-order chi connectivity index (χ0) is 11.9. The van der Waals surface area contributed by atoms with Crippen LogP contribution in [0.15, 0.2) is 16.8 Å². The van der Waals surface area contributed by atoms with E-state index in [1.54, 1.807) is 6.07 Å². The molecule has 0 saturated carbocycles. The van der Waals surface area contributed by atoms with Gasteiger partial charge in [0.05, 0.1) is 12.0 Å². The summed E-state index contributed by atoms with van der Waals surface area (Å²) in [7, 11) is 1.49. The van der Waals surface area contributed by atoms with E-state index in [9.17, 15) is 13.2 Å². The molecule has 0 amide bonds. The molecule has 1 atom stereocenters. The lowest BCUT2D eigenvalue weighted by Crippen LogP contribution is -2.20. The van der Waals surface area contributed by atoms with Crippen LogP contribution in [0.25, 0.3) is 0 Å². The third-order valence-corrected chi connectivity index (χ3v) is 1.63. The van der Waals surface area contributed by atoms with Crippen LogP contribution in [0.2, 0.25) is 0 Å². The second-order valence-corrected chi connectivity index (χ2v) is 2.83. The molecular weight excluding hydrogens is 207 g/mol. The summed E-state index contributed by atoms with van der Waals surface area (Å²) in [6, 6.07) is 1.76. The molecule has 84 valence electrons. The molecule has 1 unspecified atom stereocenters. The van der Waals surface area contributed by atoms with E-state index in [1.165, 1.54) is 13.3 Å². The molecule has 1 N–H and O–H groups in total. The fourth-order valence-electron chi connectivity index (χ4n) is 0.740. The highest BCUT2D eigenvalue weighted by Crippen LogP contribution is 2.26. The lowest BCUT2D eigenvalue weighted by atomic mass is 10.1. The SMILES string of the molecule is CNC(/C=N\CC#N)=C/C(C)C(F)(F)F. The van der Waals surface area contributed by atoms with Gasteiger partial charge in [-0.15, -0.1) is 0 Å². The van der Waals surface area contributed by atoms with Gasteiger partial charge in [0.1, 0.15) is 6.54 Å². The van der Waals surface area contributed by atoms with Gasteiger partial charge in [-0.2, -0.15) is 18.4 Å². The Morgan fingerprint density at radius 3 is 2.60 bits per heavy atom. The first-order chi connectivity index (χ1) is 6.91. The Morgan fingerprint density at radius 2 is 2.20 bits per heavy atom. The number of nitriles is 1. The molecule has 0 aliphatic carbocycles. The number of aliphatic imine (C=N–C) groups is 1. The van der Waals surface area contributed by atoms with Gasteiger partial charge in [0.25, 0.3) is 0 Å². The van der Waals surface area contributed by atoms with E-state index < -0.39 is 12.1 Å². The standard InChI is InChI=1S/C9H12F3N3/c1-7(9(10,11)12)5-8(14-2)6-15-4-3-13/h5-7,14H,4H2,1-2H3/b8-5+,15-6-. The van der Waals surface area contributed by atoms with Crippen LogP contribution in [0.1, 0.15) is 6.92 Å². The van der Waals surface area contributed by atoms with Crippen LogP contribution in [0.5, 0.6) is 0 Å². The average molecular weight is 219 g/mol. The Bertz CT molecular complexity index is 286. The van der Waals surface area contributed by atoms with Crippen LogP contribution >= 0.6 is 0 Å². The molecule has 3 nitrogen and oxygen atoms in total. The molecule has 0 radical (unpaired) electrons. The lowest BCUT2D eigenvalue weighted by Gasteiger charge is -2.12. The molecule has 0 saturated heterocycles. The van der Waals surface area contributed by atoms with Gasteiger partial charge >= 0.3 is 6.18 Å². The monoisotopic (exact) mass is 219 g/mol. The zero-order valence-electron chi connectivity index (χ0n) is 8.47. The molecule has 15 heavy (non-hydrogen) atoms. The Kier molecular flexibility index (Phi) is 5.45. The average Bonchev–Trinajstić information content (AvgIpc) is 2.14. The maximum Gasteiger partial charge on any atom is 0.394 e. The molecule has 0 aromatic carbocycles. The van der Waals surface area contributed by atoms with Gasteiger partial charge in [0, 0.05) is 19.0 Å². The summed E-state index contributed by atoms with van der Waals surface area (Å²) in [5.74, 6) is -1.55. The summed E-state index contributed by atoms with van der Waals surface area (Å²) < 4.78 is 36.5. The number of nitrogens with zero attached hydrogens (tertiary/aromatic N) is 2. The minimum absolute atomic E-state index is 0.0700. The number of hydrogen-bond donors (Lipinski definition) is 1. The molecule has 0 rings (SSSR count). The molecule has 0 aromatic heterocycles. The highest BCUT2D eigenvalue weighted by atomic mass is 19.4. The highest BCUT2D eigenvalue weighted by Gasteiger charge is 2.34. The summed E-state index contributed by atoms with van der Waals surface area (Å²) in [6.07, 6.45) is -2.03. The minimum atomic E-state index is -4.26. The van der Waals surface area contributed by atoms with Crippen LogP contribution < -0.4 is 5.32 Å². The number of nitrogens with one attached hydrogen (secondary N) is 1. The molecule has 0 bridgehead atoms. The van der Waals surface area contributed by atoms with Crippen LogP contribution in [0.3, 0.4) is 0 Å². The predicted molar refractivity (Wildman–Crippen MR) is 51.3 cm³/mol. The van der Waals surface area contributed by atoms with E-state index in [2.05, 4.69) is 10.3 Å². The van der Waals surface area contributed by atoms with Gasteiger partial charge in [0.2, 0.25) is 0 Å². The molecule has 0 aliphatic rings. The summed E-state index contributed by atoms with van der Waals surface area (Å²) in [5.41, 5.74) is 0.245. The van der Waals surface area contributed by atoms with Crippen LogP contribution in [0, 0.1) is 17.2 Å². The van der Waals surface area contributed by atoms with Crippen molar-refractivity contribution in [3.63, 3.8) is 0 Å². The lowest BCUT2D eigenvalue weighted by molar-refractivity contribution is -0.156. The second-order valence-electron chi connectivity index (χ2n) is 2.83. The van der Waals surface area contributed by atoms with Gasteiger partial charge in [-0.3, -0.25) is 4.99 Å². The Morgan fingerprint density at radius 1 is 1.60 bits per heavy atom.